The fourth-order valence-electron chi connectivity index (χ4n) is 4.16. The smallest absolute Gasteiger partial charge is 0.330 e. The molecule has 0 bridgehead atoms. The van der Waals surface area contributed by atoms with Gasteiger partial charge in [-0.1, -0.05) is 48.2 Å². The highest BCUT2D eigenvalue weighted by Crippen LogP contribution is 2.53. The van der Waals surface area contributed by atoms with Gasteiger partial charge in [-0.15, -0.1) is 11.6 Å². The Balaban J connectivity index is 2.22. The first-order valence-corrected chi connectivity index (χ1v) is 12.7. The van der Waals surface area contributed by atoms with Gasteiger partial charge in [0.25, 0.3) is 0 Å². The zero-order valence-corrected chi connectivity index (χ0v) is 22.5. The number of methoxy groups -OCH3 is 3. The maximum atomic E-state index is 12.8. The maximum Gasteiger partial charge on any atom is 0.330 e. The molecule has 3 rings (SSSR count). The molecule has 196 valence electrons. The van der Waals surface area contributed by atoms with Crippen LogP contribution in [0.5, 0.6) is 5.75 Å². The number of alkyl halides is 1. The summed E-state index contributed by atoms with van der Waals surface area (Å²) in [4.78, 5) is 43.3. The lowest BCUT2D eigenvalue weighted by atomic mass is 9.72. The molecule has 1 heterocycles. The molecule has 1 aliphatic heterocycles. The summed E-state index contributed by atoms with van der Waals surface area (Å²) in [5.41, 5.74) is 0.113. The van der Waals surface area contributed by atoms with Gasteiger partial charge in [0.05, 0.1) is 54.4 Å². The number of carbonyl (C=O) groups excluding carboxylic acids is 3. The van der Waals surface area contributed by atoms with Gasteiger partial charge in [-0.2, -0.15) is 0 Å². The topological polar surface area (TPSA) is 100 Å². The predicted molar refractivity (Wildman–Crippen MR) is 142 cm³/mol. The van der Waals surface area contributed by atoms with Gasteiger partial charge in [-0.25, -0.2) is 9.79 Å². The van der Waals surface area contributed by atoms with E-state index in [1.165, 1.54) is 38.1 Å². The van der Waals surface area contributed by atoms with Crippen LogP contribution < -0.4 is 4.74 Å². The minimum Gasteiger partial charge on any atom is -0.496 e. The predicted octanol–water partition coefficient (Wildman–Crippen LogP) is 4.85. The van der Waals surface area contributed by atoms with Crippen molar-refractivity contribution in [2.75, 3.05) is 27.9 Å². The second-order valence-corrected chi connectivity index (χ2v) is 9.48. The molecule has 0 saturated carbocycles. The summed E-state index contributed by atoms with van der Waals surface area (Å²) in [6.45, 7) is 1.90. The van der Waals surface area contributed by atoms with Crippen LogP contribution in [0.4, 0.5) is 5.69 Å². The SMILES string of the molecule is CCOC(=O)/C=C/[C@H](Cl)[C@]1(CC(C(=O)OC)C(=O)OC)C(Sc2ccccc2OC)=Nc2ccccc21. The number of allylic oxidation sites excluding steroid dienone is 1. The highest BCUT2D eigenvalue weighted by molar-refractivity contribution is 8.14. The van der Waals surface area contributed by atoms with Crippen LogP contribution in [0.25, 0.3) is 0 Å². The molecule has 37 heavy (non-hydrogen) atoms. The van der Waals surface area contributed by atoms with E-state index < -0.39 is 34.6 Å². The quantitative estimate of drug-likeness (QED) is 0.137. The number of benzene rings is 2. The average Bonchev–Trinajstić information content (AvgIpc) is 3.23. The lowest BCUT2D eigenvalue weighted by Crippen LogP contribution is -2.45. The Morgan fingerprint density at radius 3 is 2.32 bits per heavy atom. The molecule has 0 radical (unpaired) electrons. The number of nitrogens with zero attached hydrogens (tertiary/aromatic N) is 1. The van der Waals surface area contributed by atoms with Crippen molar-refractivity contribution in [3.63, 3.8) is 0 Å². The Labute approximate surface area is 225 Å². The number of hydrogen-bond acceptors (Lipinski definition) is 9. The van der Waals surface area contributed by atoms with E-state index in [1.54, 1.807) is 14.0 Å². The number of carbonyl (C=O) groups is 3. The summed E-state index contributed by atoms with van der Waals surface area (Å²) in [6.07, 6.45) is 2.61. The van der Waals surface area contributed by atoms with Crippen molar-refractivity contribution < 1.29 is 33.3 Å². The Hall–Kier alpha value is -3.30. The Morgan fingerprint density at radius 1 is 1.03 bits per heavy atom. The first-order chi connectivity index (χ1) is 17.8. The van der Waals surface area contributed by atoms with Crippen molar-refractivity contribution >= 4 is 52.0 Å². The molecule has 2 aromatic rings. The molecular formula is C27H28ClNO7S. The number of ether oxygens (including phenoxy) is 4. The van der Waals surface area contributed by atoms with Crippen molar-refractivity contribution in [3.05, 3.63) is 66.2 Å². The molecule has 8 nitrogen and oxygen atoms in total. The number of halogens is 1. The van der Waals surface area contributed by atoms with Crippen LogP contribution in [0.2, 0.25) is 0 Å². The zero-order chi connectivity index (χ0) is 27.0. The summed E-state index contributed by atoms with van der Waals surface area (Å²) in [7, 11) is 3.96. The molecule has 0 spiro atoms. The molecule has 0 fully saturated rings. The van der Waals surface area contributed by atoms with Crippen molar-refractivity contribution in [2.24, 2.45) is 10.9 Å². The average molecular weight is 546 g/mol. The third-order valence-electron chi connectivity index (χ3n) is 5.92. The van der Waals surface area contributed by atoms with E-state index in [2.05, 4.69) is 0 Å². The number of fused-ring (bicyclic) bond motifs is 1. The van der Waals surface area contributed by atoms with Crippen LogP contribution in [0, 0.1) is 5.92 Å². The van der Waals surface area contributed by atoms with Crippen LogP contribution in [-0.4, -0.2) is 56.3 Å². The summed E-state index contributed by atoms with van der Waals surface area (Å²) in [6, 6.07) is 14.7. The van der Waals surface area contributed by atoms with E-state index in [0.29, 0.717) is 22.0 Å². The van der Waals surface area contributed by atoms with Crippen molar-refractivity contribution in [1.29, 1.82) is 0 Å². The molecule has 2 aromatic carbocycles. The van der Waals surface area contributed by atoms with Crippen molar-refractivity contribution in [2.45, 2.75) is 29.0 Å². The fraction of sp³-hybridized carbons (Fsp3) is 0.333. The van der Waals surface area contributed by atoms with Crippen molar-refractivity contribution in [1.82, 2.24) is 0 Å². The summed E-state index contributed by atoms with van der Waals surface area (Å²) in [5, 5.41) is -0.400. The standard InChI is InChI=1S/C27H28ClNO7S/c1-5-36-23(30)15-14-22(28)27(16-17(24(31)34-3)25(32)35-4)18-10-6-7-11-19(18)29-26(27)37-21-13-9-8-12-20(21)33-2/h6-15,17,22H,5,16H2,1-4H3/b15-14+/t22-,27+/m0/s1. The Bertz CT molecular complexity index is 1200. The number of thioether (sulfide) groups is 1. The highest BCUT2D eigenvalue weighted by Gasteiger charge is 2.52. The van der Waals surface area contributed by atoms with Crippen molar-refractivity contribution in [3.8, 4) is 5.75 Å². The lowest BCUT2D eigenvalue weighted by molar-refractivity contribution is -0.159. The highest BCUT2D eigenvalue weighted by atomic mass is 35.5. The van der Waals surface area contributed by atoms with Gasteiger partial charge < -0.3 is 18.9 Å². The maximum absolute atomic E-state index is 12.8. The van der Waals surface area contributed by atoms with E-state index in [9.17, 15) is 14.4 Å². The van der Waals surface area contributed by atoms with E-state index in [1.807, 2.05) is 48.5 Å². The van der Waals surface area contributed by atoms with Gasteiger partial charge in [0.1, 0.15) is 5.75 Å². The normalized spacial score (nSPS) is 17.2. The third-order valence-corrected chi connectivity index (χ3v) is 7.64. The largest absolute Gasteiger partial charge is 0.496 e. The minimum atomic E-state index is -1.30. The molecular weight excluding hydrogens is 518 g/mol. The lowest BCUT2D eigenvalue weighted by Gasteiger charge is -2.36. The van der Waals surface area contributed by atoms with Gasteiger partial charge in [-0.3, -0.25) is 9.59 Å². The molecule has 0 amide bonds. The van der Waals surface area contributed by atoms with Gasteiger partial charge in [0.2, 0.25) is 0 Å². The zero-order valence-electron chi connectivity index (χ0n) is 20.9. The third kappa shape index (κ3) is 5.99. The molecule has 0 N–H and O–H groups in total. The molecule has 10 heteroatoms. The molecule has 0 aromatic heterocycles. The molecule has 0 unspecified atom stereocenters. The monoisotopic (exact) mass is 545 g/mol. The van der Waals surface area contributed by atoms with Crippen LogP contribution in [0.1, 0.15) is 18.9 Å². The first kappa shape index (κ1) is 28.3. The van der Waals surface area contributed by atoms with E-state index in [4.69, 9.17) is 35.5 Å². The summed E-state index contributed by atoms with van der Waals surface area (Å²) in [5.74, 6) is -2.79. The second-order valence-electron chi connectivity index (χ2n) is 7.97. The number of rotatable bonds is 10. The summed E-state index contributed by atoms with van der Waals surface area (Å²) >= 11 is 8.37. The van der Waals surface area contributed by atoms with Crippen LogP contribution in [-0.2, 0) is 34.0 Å². The van der Waals surface area contributed by atoms with Crippen LogP contribution in [0.3, 0.4) is 0 Å². The van der Waals surface area contributed by atoms with E-state index in [0.717, 1.165) is 4.90 Å². The fourth-order valence-corrected chi connectivity index (χ4v) is 5.86. The number of para-hydroxylation sites is 2. The molecule has 1 aliphatic rings. The van der Waals surface area contributed by atoms with Gasteiger partial charge >= 0.3 is 17.9 Å². The summed E-state index contributed by atoms with van der Waals surface area (Å²) < 4.78 is 20.4. The second kappa shape index (κ2) is 12.8. The Kier molecular flexibility index (Phi) is 9.77. The number of aliphatic imine (C=N–C) groups is 1. The molecule has 0 saturated heterocycles. The first-order valence-electron chi connectivity index (χ1n) is 11.5. The molecule has 2 atom stereocenters. The van der Waals surface area contributed by atoms with E-state index >= 15 is 0 Å². The van der Waals surface area contributed by atoms with Crippen LogP contribution >= 0.6 is 23.4 Å². The number of hydrogen-bond donors (Lipinski definition) is 0. The van der Waals surface area contributed by atoms with Gasteiger partial charge in [-0.05, 0) is 37.1 Å². The minimum absolute atomic E-state index is 0.119. The van der Waals surface area contributed by atoms with Gasteiger partial charge in [0, 0.05) is 6.08 Å². The number of esters is 3. The molecule has 0 aliphatic carbocycles. The van der Waals surface area contributed by atoms with Gasteiger partial charge in [0.15, 0.2) is 5.92 Å². The Morgan fingerprint density at radius 2 is 1.68 bits per heavy atom. The van der Waals surface area contributed by atoms with E-state index in [-0.39, 0.29) is 13.0 Å². The van der Waals surface area contributed by atoms with Crippen LogP contribution in [0.15, 0.2) is 70.6 Å².